The van der Waals surface area contributed by atoms with E-state index in [1.54, 1.807) is 6.92 Å². The summed E-state index contributed by atoms with van der Waals surface area (Å²) in [6, 6.07) is 0. The van der Waals surface area contributed by atoms with E-state index in [4.69, 9.17) is 9.84 Å². The van der Waals surface area contributed by atoms with Gasteiger partial charge in [-0.05, 0) is 20.3 Å². The number of hydrogen-bond donors (Lipinski definition) is 1. The van der Waals surface area contributed by atoms with Crippen molar-refractivity contribution in [3.8, 4) is 0 Å². The van der Waals surface area contributed by atoms with Crippen molar-refractivity contribution in [2.24, 2.45) is 0 Å². The highest BCUT2D eigenvalue weighted by Gasteiger charge is 2.23. The fourth-order valence-corrected chi connectivity index (χ4v) is 0.829. The first-order valence-electron chi connectivity index (χ1n) is 5.01. The van der Waals surface area contributed by atoms with Gasteiger partial charge in [0.05, 0.1) is 0 Å². The number of hydrogen-bond acceptors (Lipinski definition) is 5. The summed E-state index contributed by atoms with van der Waals surface area (Å²) >= 11 is 0. The number of ether oxygens (including phenoxy) is 2. The molecular weight excluding hydrogens is 216 g/mol. The lowest BCUT2D eigenvalue weighted by atomic mass is 10.3. The van der Waals surface area contributed by atoms with Crippen LogP contribution in [0.5, 0.6) is 0 Å². The summed E-state index contributed by atoms with van der Waals surface area (Å²) in [4.78, 5) is 32.7. The van der Waals surface area contributed by atoms with Crippen molar-refractivity contribution < 1.29 is 29.0 Å². The molecule has 0 unspecified atom stereocenters. The summed E-state index contributed by atoms with van der Waals surface area (Å²) in [6.07, 6.45) is -1.50. The van der Waals surface area contributed by atoms with E-state index in [0.717, 1.165) is 0 Å². The Bertz CT molecular complexity index is 272. The Morgan fingerprint density at radius 3 is 2.12 bits per heavy atom. The van der Waals surface area contributed by atoms with Gasteiger partial charge in [0.2, 0.25) is 0 Å². The first-order chi connectivity index (χ1) is 7.38. The first kappa shape index (κ1) is 14.4. The fourth-order valence-electron chi connectivity index (χ4n) is 0.829. The maximum absolute atomic E-state index is 11.2. The summed E-state index contributed by atoms with van der Waals surface area (Å²) in [7, 11) is 0. The van der Waals surface area contributed by atoms with E-state index in [1.807, 2.05) is 0 Å². The number of rotatable bonds is 6. The molecule has 6 heteroatoms. The minimum atomic E-state index is -1.25. The predicted octanol–water partition coefficient (Wildman–Crippen LogP) is 0.734. The summed E-state index contributed by atoms with van der Waals surface area (Å²) in [5.41, 5.74) is 0. The van der Waals surface area contributed by atoms with Crippen LogP contribution in [0.4, 0.5) is 0 Å². The molecule has 2 atom stereocenters. The Hall–Kier alpha value is -1.59. The summed E-state index contributed by atoms with van der Waals surface area (Å²) < 4.78 is 9.26. The highest BCUT2D eigenvalue weighted by Crippen LogP contribution is 2.02. The van der Waals surface area contributed by atoms with Crippen molar-refractivity contribution in [2.45, 2.75) is 45.8 Å². The van der Waals surface area contributed by atoms with Gasteiger partial charge >= 0.3 is 17.9 Å². The molecular formula is C10H16O6. The Morgan fingerprint density at radius 2 is 1.69 bits per heavy atom. The second-order valence-corrected chi connectivity index (χ2v) is 3.30. The maximum Gasteiger partial charge on any atom is 0.347 e. The smallest absolute Gasteiger partial charge is 0.347 e. The number of carbonyl (C=O) groups excluding carboxylic acids is 2. The topological polar surface area (TPSA) is 89.9 Å². The molecule has 0 heterocycles. The second kappa shape index (κ2) is 6.81. The molecule has 0 aliphatic heterocycles. The first-order valence-corrected chi connectivity index (χ1v) is 5.01. The van der Waals surface area contributed by atoms with Gasteiger partial charge in [0.15, 0.2) is 12.2 Å². The molecule has 0 aliphatic rings. The number of carboxylic acids is 1. The zero-order valence-corrected chi connectivity index (χ0v) is 9.56. The lowest BCUT2D eigenvalue weighted by Crippen LogP contribution is -2.32. The lowest BCUT2D eigenvalue weighted by Gasteiger charge is -2.14. The Kier molecular flexibility index (Phi) is 6.14. The van der Waals surface area contributed by atoms with Crippen LogP contribution < -0.4 is 0 Å². The standard InChI is InChI=1S/C10H16O6/c1-4-5-8(11)15-7(3)10(14)16-6(2)9(12)13/h6-7H,4-5H2,1-3H3,(H,12,13)/t6-,7-/m0/s1. The normalized spacial score (nSPS) is 13.7. The maximum atomic E-state index is 11.2. The average Bonchev–Trinajstić information content (AvgIpc) is 2.17. The molecule has 0 fully saturated rings. The highest BCUT2D eigenvalue weighted by molar-refractivity contribution is 5.82. The predicted molar refractivity (Wildman–Crippen MR) is 53.7 cm³/mol. The molecule has 0 bridgehead atoms. The summed E-state index contributed by atoms with van der Waals surface area (Å²) in [5.74, 6) is -2.62. The van der Waals surface area contributed by atoms with E-state index < -0.39 is 30.1 Å². The average molecular weight is 232 g/mol. The molecule has 0 aromatic carbocycles. The van der Waals surface area contributed by atoms with E-state index in [9.17, 15) is 14.4 Å². The van der Waals surface area contributed by atoms with Crippen molar-refractivity contribution >= 4 is 17.9 Å². The zero-order valence-electron chi connectivity index (χ0n) is 9.56. The van der Waals surface area contributed by atoms with Crippen LogP contribution in [-0.2, 0) is 23.9 Å². The van der Waals surface area contributed by atoms with Gasteiger partial charge in [0.25, 0.3) is 0 Å². The Morgan fingerprint density at radius 1 is 1.12 bits per heavy atom. The molecule has 0 spiro atoms. The molecule has 0 aliphatic carbocycles. The van der Waals surface area contributed by atoms with Crippen LogP contribution in [0.15, 0.2) is 0 Å². The van der Waals surface area contributed by atoms with Crippen LogP contribution >= 0.6 is 0 Å². The van der Waals surface area contributed by atoms with Gasteiger partial charge in [0.1, 0.15) is 0 Å². The van der Waals surface area contributed by atoms with E-state index >= 15 is 0 Å². The van der Waals surface area contributed by atoms with Crippen LogP contribution in [0.2, 0.25) is 0 Å². The van der Waals surface area contributed by atoms with Gasteiger partial charge in [-0.15, -0.1) is 0 Å². The fraction of sp³-hybridized carbons (Fsp3) is 0.700. The van der Waals surface area contributed by atoms with Gasteiger partial charge in [0, 0.05) is 6.42 Å². The van der Waals surface area contributed by atoms with Crippen LogP contribution in [0.25, 0.3) is 0 Å². The molecule has 6 nitrogen and oxygen atoms in total. The third-order valence-corrected chi connectivity index (χ3v) is 1.73. The van der Waals surface area contributed by atoms with Gasteiger partial charge in [-0.2, -0.15) is 0 Å². The van der Waals surface area contributed by atoms with Gasteiger partial charge in [-0.3, -0.25) is 4.79 Å². The lowest BCUT2D eigenvalue weighted by molar-refractivity contribution is -0.174. The summed E-state index contributed by atoms with van der Waals surface area (Å²) in [6.45, 7) is 4.36. The van der Waals surface area contributed by atoms with Crippen LogP contribution in [0, 0.1) is 0 Å². The van der Waals surface area contributed by atoms with Crippen LogP contribution in [0.1, 0.15) is 33.6 Å². The molecule has 0 rings (SSSR count). The minimum absolute atomic E-state index is 0.214. The third kappa shape index (κ3) is 5.33. The van der Waals surface area contributed by atoms with Gasteiger partial charge < -0.3 is 14.6 Å². The minimum Gasteiger partial charge on any atom is -0.479 e. The van der Waals surface area contributed by atoms with Crippen molar-refractivity contribution in [1.29, 1.82) is 0 Å². The van der Waals surface area contributed by atoms with Crippen LogP contribution in [0.3, 0.4) is 0 Å². The highest BCUT2D eigenvalue weighted by atomic mass is 16.6. The third-order valence-electron chi connectivity index (χ3n) is 1.73. The number of esters is 2. The molecule has 0 aromatic heterocycles. The molecule has 1 N–H and O–H groups in total. The van der Waals surface area contributed by atoms with Gasteiger partial charge in [-0.25, -0.2) is 9.59 Å². The molecule has 0 radical (unpaired) electrons. The Balaban J connectivity index is 4.08. The second-order valence-electron chi connectivity index (χ2n) is 3.30. The summed E-state index contributed by atoms with van der Waals surface area (Å²) in [5, 5.41) is 8.49. The van der Waals surface area contributed by atoms with E-state index in [1.165, 1.54) is 13.8 Å². The van der Waals surface area contributed by atoms with E-state index in [2.05, 4.69) is 4.74 Å². The van der Waals surface area contributed by atoms with E-state index in [0.29, 0.717) is 6.42 Å². The van der Waals surface area contributed by atoms with Crippen LogP contribution in [-0.4, -0.2) is 35.2 Å². The number of aliphatic carboxylic acids is 1. The van der Waals surface area contributed by atoms with E-state index in [-0.39, 0.29) is 6.42 Å². The molecule has 0 amide bonds. The van der Waals surface area contributed by atoms with Crippen molar-refractivity contribution in [3.05, 3.63) is 0 Å². The van der Waals surface area contributed by atoms with Crippen molar-refractivity contribution in [2.75, 3.05) is 0 Å². The number of carbonyl (C=O) groups is 3. The van der Waals surface area contributed by atoms with Crippen molar-refractivity contribution in [1.82, 2.24) is 0 Å². The molecule has 16 heavy (non-hydrogen) atoms. The quantitative estimate of drug-likeness (QED) is 0.679. The largest absolute Gasteiger partial charge is 0.479 e. The van der Waals surface area contributed by atoms with Crippen molar-refractivity contribution in [3.63, 3.8) is 0 Å². The zero-order chi connectivity index (χ0) is 12.7. The SMILES string of the molecule is CCCC(=O)O[C@@H](C)C(=O)O[C@@H](C)C(=O)O. The molecule has 0 saturated carbocycles. The monoisotopic (exact) mass is 232 g/mol. The molecule has 0 aromatic rings. The number of carboxylic acid groups (broad SMARTS) is 1. The van der Waals surface area contributed by atoms with Gasteiger partial charge in [-0.1, -0.05) is 6.92 Å². The Labute approximate surface area is 93.5 Å². The molecule has 0 saturated heterocycles. The molecule has 92 valence electrons.